The largest absolute Gasteiger partial charge is 0.459 e. The smallest absolute Gasteiger partial charge is 0.305 e. The molecule has 9 nitrogen and oxygen atoms in total. The SMILES string of the molecule is CC(=O)OC1O[Si](C)(C)C(OC(C)=O)C(OC(C)=O)C1OC(C)=O. The van der Waals surface area contributed by atoms with Crippen LogP contribution in [0.4, 0.5) is 0 Å². The quantitative estimate of drug-likeness (QED) is 0.399. The molecule has 0 bridgehead atoms. The summed E-state index contributed by atoms with van der Waals surface area (Å²) < 4.78 is 26.5. The molecule has 0 amide bonds. The molecule has 1 saturated heterocycles. The molecule has 0 aromatic carbocycles. The molecule has 1 aliphatic heterocycles. The molecule has 4 unspecified atom stereocenters. The second kappa shape index (κ2) is 7.75. The Morgan fingerprint density at radius 2 is 1.12 bits per heavy atom. The number of ether oxygens (including phenoxy) is 4. The lowest BCUT2D eigenvalue weighted by molar-refractivity contribution is -0.232. The maximum absolute atomic E-state index is 11.5. The van der Waals surface area contributed by atoms with E-state index in [1.807, 2.05) is 0 Å². The van der Waals surface area contributed by atoms with Gasteiger partial charge < -0.3 is 23.4 Å². The predicted molar refractivity (Wildman–Crippen MR) is 80.8 cm³/mol. The molecular weight excluding hydrogens is 340 g/mol. The van der Waals surface area contributed by atoms with Crippen LogP contribution in [0.1, 0.15) is 27.7 Å². The summed E-state index contributed by atoms with van der Waals surface area (Å²) in [5.41, 5.74) is -0.935. The van der Waals surface area contributed by atoms with E-state index < -0.39 is 56.4 Å². The van der Waals surface area contributed by atoms with Gasteiger partial charge in [0.2, 0.25) is 20.7 Å². The van der Waals surface area contributed by atoms with Crippen LogP contribution in [0.2, 0.25) is 13.1 Å². The Hall–Kier alpha value is -1.94. The second-order valence-corrected chi connectivity index (χ2v) is 9.89. The molecule has 0 aliphatic carbocycles. The Morgan fingerprint density at radius 1 is 0.708 bits per heavy atom. The van der Waals surface area contributed by atoms with Gasteiger partial charge in [-0.3, -0.25) is 19.2 Å². The maximum atomic E-state index is 11.5. The van der Waals surface area contributed by atoms with Crippen molar-refractivity contribution in [2.45, 2.75) is 65.0 Å². The van der Waals surface area contributed by atoms with Crippen LogP contribution in [0, 0.1) is 0 Å². The number of hydrogen-bond acceptors (Lipinski definition) is 9. The van der Waals surface area contributed by atoms with E-state index in [4.69, 9.17) is 23.4 Å². The molecule has 1 fully saturated rings. The van der Waals surface area contributed by atoms with Crippen LogP contribution in [-0.4, -0.2) is 56.4 Å². The fourth-order valence-corrected chi connectivity index (χ4v) is 4.85. The van der Waals surface area contributed by atoms with Gasteiger partial charge in [0.25, 0.3) is 0 Å². The number of carbonyl (C=O) groups excluding carboxylic acids is 4. The molecule has 1 rings (SSSR count). The van der Waals surface area contributed by atoms with Crippen LogP contribution in [-0.2, 0) is 42.6 Å². The number of carbonyl (C=O) groups is 4. The van der Waals surface area contributed by atoms with Gasteiger partial charge in [0, 0.05) is 27.7 Å². The van der Waals surface area contributed by atoms with Gasteiger partial charge in [-0.2, -0.15) is 0 Å². The molecule has 1 aliphatic rings. The van der Waals surface area contributed by atoms with Crippen molar-refractivity contribution in [1.29, 1.82) is 0 Å². The summed E-state index contributed by atoms with van der Waals surface area (Å²) >= 11 is 0. The summed E-state index contributed by atoms with van der Waals surface area (Å²) in [6.07, 6.45) is -3.65. The van der Waals surface area contributed by atoms with E-state index in [1.165, 1.54) is 20.8 Å². The monoisotopic (exact) mass is 362 g/mol. The van der Waals surface area contributed by atoms with E-state index in [0.29, 0.717) is 0 Å². The van der Waals surface area contributed by atoms with E-state index in [0.717, 1.165) is 6.92 Å². The molecule has 0 radical (unpaired) electrons. The van der Waals surface area contributed by atoms with Crippen LogP contribution in [0.15, 0.2) is 0 Å². The van der Waals surface area contributed by atoms with Gasteiger partial charge in [0.15, 0.2) is 11.8 Å². The minimum absolute atomic E-state index is 0.603. The Kier molecular flexibility index (Phi) is 6.49. The maximum Gasteiger partial charge on any atom is 0.305 e. The van der Waals surface area contributed by atoms with Gasteiger partial charge in [0.05, 0.1) is 0 Å². The third-order valence-corrected chi connectivity index (χ3v) is 5.83. The summed E-state index contributed by atoms with van der Waals surface area (Å²) in [7, 11) is -2.82. The van der Waals surface area contributed by atoms with E-state index in [1.54, 1.807) is 13.1 Å². The molecule has 0 aromatic heterocycles. The highest BCUT2D eigenvalue weighted by Gasteiger charge is 2.58. The van der Waals surface area contributed by atoms with Crippen molar-refractivity contribution in [2.75, 3.05) is 0 Å². The van der Waals surface area contributed by atoms with Gasteiger partial charge in [0.1, 0.15) is 0 Å². The molecule has 0 saturated carbocycles. The van der Waals surface area contributed by atoms with Crippen molar-refractivity contribution in [3.63, 3.8) is 0 Å². The summed E-state index contributed by atoms with van der Waals surface area (Å²) in [6.45, 7) is 8.10. The normalized spacial score (nSPS) is 28.4. The van der Waals surface area contributed by atoms with E-state index in [2.05, 4.69) is 0 Å². The van der Waals surface area contributed by atoms with Gasteiger partial charge in [-0.05, 0) is 13.1 Å². The molecule has 10 heteroatoms. The van der Waals surface area contributed by atoms with Crippen molar-refractivity contribution in [3.05, 3.63) is 0 Å². The Bertz CT molecular complexity index is 530. The summed E-state index contributed by atoms with van der Waals surface area (Å²) in [5.74, 6) is -2.62. The van der Waals surface area contributed by atoms with E-state index >= 15 is 0 Å². The topological polar surface area (TPSA) is 114 Å². The predicted octanol–water partition coefficient (Wildman–Crippen LogP) is 0.445. The van der Waals surface area contributed by atoms with Crippen LogP contribution in [0.5, 0.6) is 0 Å². The van der Waals surface area contributed by atoms with Gasteiger partial charge in [-0.25, -0.2) is 0 Å². The summed E-state index contributed by atoms with van der Waals surface area (Å²) in [6, 6.07) is 0. The Labute approximate surface area is 140 Å². The molecule has 0 aromatic rings. The van der Waals surface area contributed by atoms with E-state index in [9.17, 15) is 19.2 Å². The van der Waals surface area contributed by atoms with Gasteiger partial charge in [-0.15, -0.1) is 0 Å². The first-order valence-corrected chi connectivity index (χ1v) is 10.3. The lowest BCUT2D eigenvalue weighted by Crippen LogP contribution is -2.68. The first-order chi connectivity index (χ1) is 10.9. The van der Waals surface area contributed by atoms with Crippen molar-refractivity contribution < 1.29 is 42.6 Å². The third-order valence-electron chi connectivity index (χ3n) is 3.17. The van der Waals surface area contributed by atoms with Crippen LogP contribution in [0.25, 0.3) is 0 Å². The van der Waals surface area contributed by atoms with E-state index in [-0.39, 0.29) is 0 Å². The number of rotatable bonds is 4. The molecule has 0 spiro atoms. The van der Waals surface area contributed by atoms with Crippen molar-refractivity contribution in [2.24, 2.45) is 0 Å². The third kappa shape index (κ3) is 5.30. The molecule has 0 N–H and O–H groups in total. The Balaban J connectivity index is 3.29. The van der Waals surface area contributed by atoms with Gasteiger partial charge >= 0.3 is 23.9 Å². The summed E-state index contributed by atoms with van der Waals surface area (Å²) in [4.78, 5) is 45.6. The highest BCUT2D eigenvalue weighted by Crippen LogP contribution is 2.33. The number of hydrogen-bond donors (Lipinski definition) is 0. The van der Waals surface area contributed by atoms with Crippen molar-refractivity contribution in [3.8, 4) is 0 Å². The molecule has 136 valence electrons. The average molecular weight is 362 g/mol. The highest BCUT2D eigenvalue weighted by atomic mass is 28.4. The molecule has 1 heterocycles. The lowest BCUT2D eigenvalue weighted by Gasteiger charge is -2.46. The minimum atomic E-state index is -2.82. The molecule has 4 atom stereocenters. The van der Waals surface area contributed by atoms with Crippen LogP contribution in [0.3, 0.4) is 0 Å². The van der Waals surface area contributed by atoms with Crippen molar-refractivity contribution in [1.82, 2.24) is 0 Å². The zero-order valence-electron chi connectivity index (χ0n) is 14.5. The van der Waals surface area contributed by atoms with Crippen molar-refractivity contribution >= 4 is 32.2 Å². The van der Waals surface area contributed by atoms with Gasteiger partial charge in [-0.1, -0.05) is 0 Å². The zero-order valence-corrected chi connectivity index (χ0v) is 15.5. The fourth-order valence-electron chi connectivity index (χ4n) is 2.43. The minimum Gasteiger partial charge on any atom is -0.459 e. The molecule has 24 heavy (non-hydrogen) atoms. The zero-order chi connectivity index (χ0) is 18.7. The average Bonchev–Trinajstić information content (AvgIpc) is 2.36. The highest BCUT2D eigenvalue weighted by molar-refractivity contribution is 6.73. The standard InChI is InChI=1S/C14H22O9Si/c1-7(15)19-11-12(20-8(2)16)14(22-10(4)18)24(5,6)23-13(11)21-9(3)17/h11-14H,1-6H3. The van der Waals surface area contributed by atoms with Crippen LogP contribution < -0.4 is 0 Å². The first-order valence-electron chi connectivity index (χ1n) is 7.30. The fraction of sp³-hybridized carbons (Fsp3) is 0.714. The molecular formula is C14H22O9Si. The number of esters is 4. The second-order valence-electron chi connectivity index (χ2n) is 5.88. The first kappa shape index (κ1) is 20.1. The van der Waals surface area contributed by atoms with Crippen LogP contribution >= 0.6 is 0 Å². The Morgan fingerprint density at radius 3 is 1.54 bits per heavy atom. The summed E-state index contributed by atoms with van der Waals surface area (Å²) in [5, 5.41) is 0. The lowest BCUT2D eigenvalue weighted by atomic mass is 10.2.